The summed E-state index contributed by atoms with van der Waals surface area (Å²) in [7, 11) is 0.981. The third-order valence-electron chi connectivity index (χ3n) is 9.07. The fraction of sp³-hybridized carbons (Fsp3) is 0.512. The molecule has 0 bridgehead atoms. The average Bonchev–Trinajstić information content (AvgIpc) is 3.48. The molecule has 0 amide bonds. The molecule has 0 unspecified atom stereocenters. The fourth-order valence-electron chi connectivity index (χ4n) is 6.34. The van der Waals surface area contributed by atoms with Gasteiger partial charge in [-0.25, -0.2) is 0 Å². The van der Waals surface area contributed by atoms with E-state index in [-0.39, 0.29) is 0 Å². The molecule has 0 fully saturated rings. The maximum atomic E-state index is 2.66. The predicted octanol–water partition coefficient (Wildman–Crippen LogP) is 12.2. The van der Waals surface area contributed by atoms with Gasteiger partial charge in [-0.05, 0) is 45.9 Å². The Labute approximate surface area is 305 Å². The molecule has 0 aliphatic carbocycles. The van der Waals surface area contributed by atoms with Crippen LogP contribution in [0.4, 0.5) is 17.1 Å². The van der Waals surface area contributed by atoms with E-state index in [0.29, 0.717) is 35.5 Å². The van der Waals surface area contributed by atoms with E-state index in [4.69, 9.17) is 0 Å². The molecule has 3 nitrogen and oxygen atoms in total. The van der Waals surface area contributed by atoms with E-state index in [2.05, 4.69) is 190 Å². The van der Waals surface area contributed by atoms with Crippen LogP contribution < -0.4 is 12.4 Å². The molecule has 0 saturated carbocycles. The van der Waals surface area contributed by atoms with Gasteiger partial charge in [0.2, 0.25) is 0 Å². The monoisotopic (exact) mass is 755 g/mol. The molecule has 0 saturated heterocycles. The summed E-state index contributed by atoms with van der Waals surface area (Å²) < 4.78 is 2.66. The van der Waals surface area contributed by atoms with Gasteiger partial charge in [-0.2, -0.15) is 0 Å². The number of para-hydroxylation sites is 3. The number of hydrogen-bond donors (Lipinski definition) is 0. The van der Waals surface area contributed by atoms with E-state index >= 15 is 0 Å². The van der Waals surface area contributed by atoms with Crippen molar-refractivity contribution in [1.29, 1.82) is 0 Å². The van der Waals surface area contributed by atoms with Crippen LogP contribution in [-0.2, 0) is 0 Å². The molecule has 4 rings (SSSR count). The summed E-state index contributed by atoms with van der Waals surface area (Å²) in [6.07, 6.45) is 4.43. The molecule has 0 spiro atoms. The van der Waals surface area contributed by atoms with Gasteiger partial charge in [-0.1, -0.05) is 91.8 Å². The van der Waals surface area contributed by atoms with Gasteiger partial charge in [0.05, 0.1) is 0 Å². The van der Waals surface area contributed by atoms with Crippen LogP contribution in [0.25, 0.3) is 0 Å². The number of benzene rings is 3. The van der Waals surface area contributed by atoms with E-state index in [1.165, 1.54) is 73.2 Å². The first-order valence-corrected chi connectivity index (χ1v) is 22.6. The molecule has 3 aromatic rings. The Morgan fingerprint density at radius 3 is 0.979 bits per heavy atom. The molecule has 3 aromatic carbocycles. The Hall–Kier alpha value is -2.12. The van der Waals surface area contributed by atoms with E-state index < -0.39 is 8.24 Å². The molecule has 1 heterocycles. The van der Waals surface area contributed by atoms with Crippen LogP contribution in [0.15, 0.2) is 67.0 Å². The van der Waals surface area contributed by atoms with Crippen LogP contribution in [0.5, 0.6) is 0 Å². The first-order chi connectivity index (χ1) is 21.9. The zero-order chi connectivity index (χ0) is 35.4. The second kappa shape index (κ2) is 16.5. The van der Waals surface area contributed by atoms with Crippen LogP contribution in [0.1, 0.15) is 152 Å². The van der Waals surface area contributed by atoms with Gasteiger partial charge in [0.25, 0.3) is 0 Å². The Morgan fingerprint density at radius 1 is 0.489 bits per heavy atom. The average molecular weight is 755 g/mol. The van der Waals surface area contributed by atoms with Gasteiger partial charge in [-0.3, -0.25) is 0 Å². The molecule has 6 heteroatoms. The SMILES string of the molecule is CC(C)c1cccc(C(C)C)c1N1[B]N(c2c(C(C)C)cccc2C(C)C)C=C1.CC(C)c1cccc(C(C)C)c1[N]([Sn])[Si](C)(C)C. The van der Waals surface area contributed by atoms with Crippen molar-refractivity contribution in [3.05, 3.63) is 100 Å². The Morgan fingerprint density at radius 2 is 0.745 bits per heavy atom. The van der Waals surface area contributed by atoms with Crippen LogP contribution in [0, 0.1) is 0 Å². The Bertz CT molecular complexity index is 1350. The summed E-state index contributed by atoms with van der Waals surface area (Å²) in [5.74, 6) is 3.11. The van der Waals surface area contributed by atoms with Gasteiger partial charge in [0, 0.05) is 23.8 Å². The number of hydrogen-bond acceptors (Lipinski definition) is 3. The van der Waals surface area contributed by atoms with Crippen molar-refractivity contribution in [2.24, 2.45) is 0 Å². The summed E-state index contributed by atoms with van der Waals surface area (Å²) in [5, 5.41) is 0. The summed E-state index contributed by atoms with van der Waals surface area (Å²) in [4.78, 5) is 4.65. The minimum absolute atomic E-state index is 0.480. The normalized spacial score (nSPS) is 13.4. The number of rotatable bonds is 10. The van der Waals surface area contributed by atoms with Crippen LogP contribution in [0.3, 0.4) is 0 Å². The van der Waals surface area contributed by atoms with Gasteiger partial charge < -0.3 is 9.62 Å². The maximum absolute atomic E-state index is 2.66. The van der Waals surface area contributed by atoms with Crippen molar-refractivity contribution in [2.45, 2.75) is 138 Å². The first kappa shape index (κ1) is 39.3. The fourth-order valence-corrected chi connectivity index (χ4v) is 8.01. The molecule has 0 aromatic heterocycles. The number of nitrogens with zero attached hydrogens (tertiary/aromatic N) is 3. The zero-order valence-corrected chi connectivity index (χ0v) is 36.1. The van der Waals surface area contributed by atoms with Gasteiger partial charge in [-0.15, -0.1) is 0 Å². The third kappa shape index (κ3) is 9.32. The molecule has 4 radical (unpaired) electrons. The Balaban J connectivity index is 0.000000287. The van der Waals surface area contributed by atoms with Crippen LogP contribution in [0.2, 0.25) is 19.6 Å². The van der Waals surface area contributed by atoms with Crippen LogP contribution >= 0.6 is 0 Å². The topological polar surface area (TPSA) is 9.72 Å². The van der Waals surface area contributed by atoms with E-state index in [1.54, 1.807) is 0 Å². The van der Waals surface area contributed by atoms with Gasteiger partial charge in [0.1, 0.15) is 0 Å². The summed E-state index contributed by atoms with van der Waals surface area (Å²) in [6, 6.07) is 20.4. The van der Waals surface area contributed by atoms with Crippen molar-refractivity contribution in [3.8, 4) is 0 Å². The molecular formula is C41H62BN3SiSn. The van der Waals surface area contributed by atoms with Crippen molar-refractivity contribution in [3.63, 3.8) is 0 Å². The molecule has 0 N–H and O–H groups in total. The molecule has 0 atom stereocenters. The number of anilines is 3. The van der Waals surface area contributed by atoms with Gasteiger partial charge in [0.15, 0.2) is 0 Å². The molecule has 1 aliphatic heterocycles. The quantitative estimate of drug-likeness (QED) is 0.191. The van der Waals surface area contributed by atoms with Crippen LogP contribution in [-0.4, -0.2) is 38.6 Å². The minimum atomic E-state index is -1.28. The third-order valence-corrected chi connectivity index (χ3v) is 17.0. The van der Waals surface area contributed by atoms with E-state index in [9.17, 15) is 0 Å². The first-order valence-electron chi connectivity index (χ1n) is 17.9. The van der Waals surface area contributed by atoms with Gasteiger partial charge >= 0.3 is 136 Å². The second-order valence-corrected chi connectivity index (χ2v) is 23.4. The van der Waals surface area contributed by atoms with E-state index in [1.807, 2.05) is 0 Å². The van der Waals surface area contributed by atoms with Crippen molar-refractivity contribution < 1.29 is 0 Å². The van der Waals surface area contributed by atoms with Crippen molar-refractivity contribution in [1.82, 2.24) is 0 Å². The molecule has 47 heavy (non-hydrogen) atoms. The predicted molar refractivity (Wildman–Crippen MR) is 215 cm³/mol. The summed E-state index contributed by atoms with van der Waals surface area (Å²) in [6.45, 7) is 34.8. The zero-order valence-electron chi connectivity index (χ0n) is 32.2. The molecule has 252 valence electrons. The molecule has 1 aliphatic rings. The summed E-state index contributed by atoms with van der Waals surface area (Å²) in [5.41, 5.74) is 12.8. The summed E-state index contributed by atoms with van der Waals surface area (Å²) >= 11 is 1.53. The molecular weight excluding hydrogens is 692 g/mol. The Kier molecular flexibility index (Phi) is 13.8. The van der Waals surface area contributed by atoms with Crippen molar-refractivity contribution >= 4 is 55.6 Å². The standard InChI is InChI=1S/C26H36BN2.C15H26NSi.Sn/c1-17(2)21-11-9-12-22(18(3)4)25(21)28-15-16-29(27-28)26-23(19(5)6)13-10-14-24(26)20(7)8;1-11(2)13-9-8-10-14(12(3)4)15(13)16-17(5,6)7;/h9-20H,1-8H3;8-12H,1-7H3;/q;-1;+1. The van der Waals surface area contributed by atoms with Crippen molar-refractivity contribution in [2.75, 3.05) is 12.4 Å². The second-order valence-electron chi connectivity index (χ2n) is 16.0. The van der Waals surface area contributed by atoms with E-state index in [0.717, 1.165) is 0 Å².